The molecule has 6 nitrogen and oxygen atoms in total. The summed E-state index contributed by atoms with van der Waals surface area (Å²) in [6.45, 7) is 0. The molecular weight excluding hydrogens is 364 g/mol. The van der Waals surface area contributed by atoms with Crippen molar-refractivity contribution in [2.75, 3.05) is 0 Å². The molecule has 5 rings (SSSR count). The summed E-state index contributed by atoms with van der Waals surface area (Å²) in [6.07, 6.45) is 6.85. The molecule has 3 aromatic rings. The average Bonchev–Trinajstić information content (AvgIpc) is 3.31. The Kier molecular flexibility index (Phi) is 3.69. The maximum atomic E-state index is 12.0. The van der Waals surface area contributed by atoms with Gasteiger partial charge < -0.3 is 15.1 Å². The van der Waals surface area contributed by atoms with Gasteiger partial charge in [0.05, 0.1) is 17.3 Å². The topological polar surface area (TPSA) is 112 Å². The molecule has 5 N–H and O–H groups in total. The summed E-state index contributed by atoms with van der Waals surface area (Å²) < 4.78 is 26.4. The van der Waals surface area contributed by atoms with E-state index in [-0.39, 0.29) is 16.4 Å². The van der Waals surface area contributed by atoms with Gasteiger partial charge >= 0.3 is 0 Å². The number of hydrogen-bond donors (Lipinski definition) is 4. The van der Waals surface area contributed by atoms with E-state index in [1.807, 2.05) is 24.4 Å². The van der Waals surface area contributed by atoms with Crippen LogP contribution >= 0.6 is 10.6 Å². The van der Waals surface area contributed by atoms with Crippen molar-refractivity contribution in [2.24, 2.45) is 5.73 Å². The molecule has 1 amide bonds. The summed E-state index contributed by atoms with van der Waals surface area (Å²) in [6, 6.07) is 7.45. The fraction of sp³-hybridized carbons (Fsp3) is 0.350. The number of fused-ring (bicyclic) bond motifs is 3. The van der Waals surface area contributed by atoms with Crippen LogP contribution in [0.3, 0.4) is 0 Å². The third-order valence-corrected chi connectivity index (χ3v) is 9.04. The van der Waals surface area contributed by atoms with Crippen molar-refractivity contribution in [1.82, 2.24) is 4.98 Å². The lowest BCUT2D eigenvalue weighted by Crippen LogP contribution is -2.28. The Bertz CT molecular complexity index is 1010. The van der Waals surface area contributed by atoms with Crippen LogP contribution in [0.2, 0.25) is 0 Å². The van der Waals surface area contributed by atoms with Crippen molar-refractivity contribution in [2.45, 2.75) is 42.1 Å². The number of aromatic nitrogens is 1. The van der Waals surface area contributed by atoms with E-state index in [9.17, 15) is 13.9 Å². The minimum absolute atomic E-state index is 0.0185. The minimum atomic E-state index is -2.47. The molecule has 2 saturated heterocycles. The Hall–Kier alpha value is -2.22. The van der Waals surface area contributed by atoms with Crippen molar-refractivity contribution >= 4 is 27.4 Å². The number of carbonyl (C=O) groups is 1. The Morgan fingerprint density at radius 1 is 1.22 bits per heavy atom. The summed E-state index contributed by atoms with van der Waals surface area (Å²) in [7, 11) is -2.47. The van der Waals surface area contributed by atoms with Crippen LogP contribution in [0.4, 0.5) is 0 Å². The van der Waals surface area contributed by atoms with E-state index < -0.39 is 16.5 Å². The maximum absolute atomic E-state index is 12.0. The van der Waals surface area contributed by atoms with Crippen molar-refractivity contribution in [3.63, 3.8) is 0 Å². The van der Waals surface area contributed by atoms with Gasteiger partial charge in [-0.05, 0) is 61.4 Å². The van der Waals surface area contributed by atoms with Crippen LogP contribution in [0.15, 0.2) is 41.1 Å². The lowest BCUT2D eigenvalue weighted by atomic mass is 9.89. The van der Waals surface area contributed by atoms with E-state index in [1.54, 1.807) is 12.3 Å². The maximum Gasteiger partial charge on any atom is 0.250 e. The number of nitrogens with two attached hydrogens (primary N) is 1. The van der Waals surface area contributed by atoms with Gasteiger partial charge in [0.15, 0.2) is 0 Å². The van der Waals surface area contributed by atoms with E-state index in [2.05, 4.69) is 4.98 Å². The predicted molar refractivity (Wildman–Crippen MR) is 106 cm³/mol. The Morgan fingerprint density at radius 3 is 2.59 bits per heavy atom. The summed E-state index contributed by atoms with van der Waals surface area (Å²) in [5.41, 5.74) is 8.73. The van der Waals surface area contributed by atoms with Crippen LogP contribution in [0, 0.1) is 0 Å². The quantitative estimate of drug-likeness (QED) is 0.523. The molecule has 2 bridgehead atoms. The van der Waals surface area contributed by atoms with E-state index in [0.29, 0.717) is 11.3 Å². The number of aromatic amines is 1. The predicted octanol–water partition coefficient (Wildman–Crippen LogP) is 4.69. The highest BCUT2D eigenvalue weighted by atomic mass is 32.3. The van der Waals surface area contributed by atoms with Crippen molar-refractivity contribution in [3.8, 4) is 11.3 Å². The first-order valence-corrected chi connectivity index (χ1v) is 10.9. The molecule has 27 heavy (non-hydrogen) atoms. The molecule has 7 heteroatoms. The van der Waals surface area contributed by atoms with Crippen LogP contribution < -0.4 is 5.73 Å². The zero-order chi connectivity index (χ0) is 18.8. The van der Waals surface area contributed by atoms with Gasteiger partial charge in [0.1, 0.15) is 5.76 Å². The Morgan fingerprint density at radius 2 is 1.96 bits per heavy atom. The summed E-state index contributed by atoms with van der Waals surface area (Å²) in [5.74, 6) is 0.438. The van der Waals surface area contributed by atoms with Gasteiger partial charge in [-0.25, -0.2) is 0 Å². The molecule has 4 heterocycles. The summed E-state index contributed by atoms with van der Waals surface area (Å²) in [5, 5.41) is 0.922. The molecule has 0 saturated carbocycles. The molecule has 0 unspecified atom stereocenters. The van der Waals surface area contributed by atoms with E-state index in [1.165, 1.54) is 0 Å². The Balaban J connectivity index is 1.63. The fourth-order valence-electron chi connectivity index (χ4n) is 4.86. The van der Waals surface area contributed by atoms with Crippen LogP contribution in [-0.4, -0.2) is 30.5 Å². The fourth-order valence-corrected chi connectivity index (χ4v) is 7.41. The third kappa shape index (κ3) is 2.53. The molecule has 2 fully saturated rings. The van der Waals surface area contributed by atoms with Crippen molar-refractivity contribution < 1.29 is 18.3 Å². The largest absolute Gasteiger partial charge is 0.464 e. The second kappa shape index (κ2) is 5.89. The van der Waals surface area contributed by atoms with Crippen LogP contribution in [0.25, 0.3) is 22.2 Å². The van der Waals surface area contributed by atoms with Gasteiger partial charge in [0.2, 0.25) is 0 Å². The molecule has 2 aliphatic heterocycles. The smallest absolute Gasteiger partial charge is 0.250 e. The average molecular weight is 386 g/mol. The van der Waals surface area contributed by atoms with E-state index >= 15 is 0 Å². The molecule has 2 aliphatic rings. The van der Waals surface area contributed by atoms with Gasteiger partial charge in [-0.2, -0.15) is 10.6 Å². The minimum Gasteiger partial charge on any atom is -0.464 e. The second-order valence-electron chi connectivity index (χ2n) is 7.66. The van der Waals surface area contributed by atoms with Gasteiger partial charge in [-0.1, -0.05) is 0 Å². The monoisotopic (exact) mass is 386 g/mol. The lowest BCUT2D eigenvalue weighted by molar-refractivity contribution is 0.100. The number of rotatable bonds is 3. The van der Waals surface area contributed by atoms with Crippen molar-refractivity contribution in [1.29, 1.82) is 0 Å². The van der Waals surface area contributed by atoms with Crippen LogP contribution in [0.5, 0.6) is 0 Å². The van der Waals surface area contributed by atoms with E-state index in [0.717, 1.165) is 47.7 Å². The highest BCUT2D eigenvalue weighted by Crippen LogP contribution is 2.66. The number of carbonyl (C=O) groups excluding carboxylic acids is 1. The standard InChI is InChI=1S/C20H22N2O4S/c21-20(23)16-9-12(18-2-1-5-26-18)8-15-17(10-22-19(15)16)11-6-13-3-4-14(7-11)27(13,24)25/h1-2,5,8-11,13-14,22,24-25H,3-4,6-7H2,(H2,21,23)/t11-,13-,14+. The molecule has 0 aliphatic carbocycles. The van der Waals surface area contributed by atoms with Crippen LogP contribution in [-0.2, 0) is 0 Å². The zero-order valence-electron chi connectivity index (χ0n) is 14.7. The second-order valence-corrected chi connectivity index (χ2v) is 10.3. The SMILES string of the molecule is NC(=O)c1cc(-c2ccco2)cc2c([C@@H]3C[C@H]4CC[C@@H](C3)S4(O)O)c[nH]c12. The number of nitrogens with one attached hydrogen (secondary N) is 1. The highest BCUT2D eigenvalue weighted by molar-refractivity contribution is 8.25. The molecular formula is C20H22N2O4S. The van der Waals surface area contributed by atoms with Gasteiger partial charge in [0, 0.05) is 27.6 Å². The molecule has 142 valence electrons. The molecule has 0 spiro atoms. The number of hydrogen-bond acceptors (Lipinski definition) is 4. The Labute approximate surface area is 158 Å². The first kappa shape index (κ1) is 16.9. The van der Waals surface area contributed by atoms with Gasteiger partial charge in [-0.3, -0.25) is 13.9 Å². The first-order valence-electron chi connectivity index (χ1n) is 9.19. The number of furan rings is 1. The molecule has 2 aromatic heterocycles. The summed E-state index contributed by atoms with van der Waals surface area (Å²) >= 11 is 0. The summed E-state index contributed by atoms with van der Waals surface area (Å²) in [4.78, 5) is 15.3. The number of primary amides is 1. The lowest BCUT2D eigenvalue weighted by Gasteiger charge is -2.46. The zero-order valence-corrected chi connectivity index (χ0v) is 15.5. The molecule has 3 atom stereocenters. The van der Waals surface area contributed by atoms with E-state index in [4.69, 9.17) is 10.2 Å². The normalized spacial score (nSPS) is 27.7. The van der Waals surface area contributed by atoms with Crippen molar-refractivity contribution in [3.05, 3.63) is 47.9 Å². The number of H-pyrrole nitrogens is 1. The highest BCUT2D eigenvalue weighted by Gasteiger charge is 2.47. The van der Waals surface area contributed by atoms with Crippen LogP contribution in [0.1, 0.15) is 47.5 Å². The number of amides is 1. The van der Waals surface area contributed by atoms with Gasteiger partial charge in [0.25, 0.3) is 5.91 Å². The molecule has 1 aromatic carbocycles. The van der Waals surface area contributed by atoms with Gasteiger partial charge in [-0.15, -0.1) is 0 Å². The first-order chi connectivity index (χ1) is 12.9. The molecule has 0 radical (unpaired) electrons. The number of benzene rings is 1. The third-order valence-electron chi connectivity index (χ3n) is 6.22.